The highest BCUT2D eigenvalue weighted by Crippen LogP contribution is 2.25. The minimum atomic E-state index is 0.655. The minimum Gasteiger partial charge on any atom is -0.494 e. The Morgan fingerprint density at radius 1 is 0.694 bits per heavy atom. The van der Waals surface area contributed by atoms with E-state index in [1.807, 2.05) is 48.5 Å². The molecular weight excluding hydrogens is 448 g/mol. The SMILES string of the molecule is [C-]#[N+]c1ccc(-c2ccc(OCCCN3CCN(CCCOc4ccc(C#N)cc4)CC3)cc2)cc1. The summed E-state index contributed by atoms with van der Waals surface area (Å²) in [5.74, 6) is 1.72. The van der Waals surface area contributed by atoms with Gasteiger partial charge in [0.05, 0.1) is 31.4 Å². The quantitative estimate of drug-likeness (QED) is 0.263. The van der Waals surface area contributed by atoms with Crippen molar-refractivity contribution in [2.75, 3.05) is 52.5 Å². The summed E-state index contributed by atoms with van der Waals surface area (Å²) < 4.78 is 11.7. The fraction of sp³-hybridized carbons (Fsp3) is 0.333. The maximum absolute atomic E-state index is 8.85. The smallest absolute Gasteiger partial charge is 0.187 e. The zero-order valence-corrected chi connectivity index (χ0v) is 20.6. The van der Waals surface area contributed by atoms with Crippen LogP contribution in [0.2, 0.25) is 0 Å². The molecule has 3 aromatic carbocycles. The highest BCUT2D eigenvalue weighted by atomic mass is 16.5. The Morgan fingerprint density at radius 3 is 1.58 bits per heavy atom. The number of ether oxygens (including phenoxy) is 2. The van der Waals surface area contributed by atoms with Crippen LogP contribution in [0.25, 0.3) is 16.0 Å². The minimum absolute atomic E-state index is 0.655. The third-order valence-electron chi connectivity index (χ3n) is 6.41. The van der Waals surface area contributed by atoms with Crippen LogP contribution in [0, 0.1) is 17.9 Å². The predicted octanol–water partition coefficient (Wildman–Crippen LogP) is 5.63. The molecule has 36 heavy (non-hydrogen) atoms. The Morgan fingerprint density at radius 2 is 1.14 bits per heavy atom. The summed E-state index contributed by atoms with van der Waals surface area (Å²) in [5.41, 5.74) is 3.54. The van der Waals surface area contributed by atoms with Crippen LogP contribution in [0.15, 0.2) is 72.8 Å². The van der Waals surface area contributed by atoms with Gasteiger partial charge in [-0.05, 0) is 60.4 Å². The molecule has 0 amide bonds. The molecule has 0 aromatic heterocycles. The monoisotopic (exact) mass is 480 g/mol. The lowest BCUT2D eigenvalue weighted by molar-refractivity contribution is 0.120. The highest BCUT2D eigenvalue weighted by molar-refractivity contribution is 5.66. The van der Waals surface area contributed by atoms with Crippen LogP contribution >= 0.6 is 0 Å². The highest BCUT2D eigenvalue weighted by Gasteiger charge is 2.16. The van der Waals surface area contributed by atoms with Crippen LogP contribution in [-0.4, -0.2) is 62.3 Å². The largest absolute Gasteiger partial charge is 0.494 e. The molecule has 1 heterocycles. The van der Waals surface area contributed by atoms with E-state index >= 15 is 0 Å². The van der Waals surface area contributed by atoms with E-state index in [4.69, 9.17) is 21.3 Å². The third-order valence-corrected chi connectivity index (χ3v) is 6.41. The molecule has 6 nitrogen and oxygen atoms in total. The van der Waals surface area contributed by atoms with E-state index in [0.29, 0.717) is 24.5 Å². The van der Waals surface area contributed by atoms with Gasteiger partial charge in [0.25, 0.3) is 0 Å². The molecule has 0 radical (unpaired) electrons. The Bertz CT molecular complexity index is 1150. The number of rotatable bonds is 11. The number of nitriles is 1. The molecule has 0 unspecified atom stereocenters. The van der Waals surface area contributed by atoms with Crippen molar-refractivity contribution in [1.82, 2.24) is 9.80 Å². The molecule has 3 aromatic rings. The van der Waals surface area contributed by atoms with E-state index in [9.17, 15) is 0 Å². The van der Waals surface area contributed by atoms with Crippen LogP contribution in [0.3, 0.4) is 0 Å². The molecule has 1 saturated heterocycles. The summed E-state index contributed by atoms with van der Waals surface area (Å²) in [6.45, 7) is 14.9. The van der Waals surface area contributed by atoms with Crippen molar-refractivity contribution in [1.29, 1.82) is 5.26 Å². The van der Waals surface area contributed by atoms with Crippen LogP contribution in [-0.2, 0) is 0 Å². The second kappa shape index (κ2) is 13.3. The summed E-state index contributed by atoms with van der Waals surface area (Å²) in [7, 11) is 0. The van der Waals surface area contributed by atoms with Gasteiger partial charge >= 0.3 is 0 Å². The van der Waals surface area contributed by atoms with Crippen molar-refractivity contribution in [3.63, 3.8) is 0 Å². The van der Waals surface area contributed by atoms with E-state index in [2.05, 4.69) is 32.8 Å². The van der Waals surface area contributed by atoms with Crippen LogP contribution in [0.1, 0.15) is 18.4 Å². The summed E-state index contributed by atoms with van der Waals surface area (Å²) >= 11 is 0. The second-order valence-corrected chi connectivity index (χ2v) is 8.91. The van der Waals surface area contributed by atoms with Gasteiger partial charge in [0.15, 0.2) is 5.69 Å². The standard InChI is InChI=1S/C30H32N4O2/c1-32-28-10-6-26(7-11-28)27-8-14-30(15-9-27)36-23-3-17-34-20-18-33(19-21-34)16-2-22-35-29-12-4-25(24-31)5-13-29/h4-15H,2-3,16-23H2. The molecular formula is C30H32N4O2. The summed E-state index contributed by atoms with van der Waals surface area (Å²) in [6, 6.07) is 25.2. The molecule has 0 spiro atoms. The first-order chi connectivity index (χ1) is 17.7. The molecule has 6 heteroatoms. The van der Waals surface area contributed by atoms with Gasteiger partial charge < -0.3 is 19.3 Å². The summed E-state index contributed by atoms with van der Waals surface area (Å²) in [6.07, 6.45) is 2.01. The lowest BCUT2D eigenvalue weighted by atomic mass is 10.1. The van der Waals surface area contributed by atoms with E-state index in [1.54, 1.807) is 12.1 Å². The fourth-order valence-electron chi connectivity index (χ4n) is 4.29. The Balaban J connectivity index is 1.06. The second-order valence-electron chi connectivity index (χ2n) is 8.91. The lowest BCUT2D eigenvalue weighted by Crippen LogP contribution is -2.47. The normalized spacial score (nSPS) is 14.1. The lowest BCUT2D eigenvalue weighted by Gasteiger charge is -2.34. The first-order valence-corrected chi connectivity index (χ1v) is 12.5. The molecule has 1 aliphatic rings. The summed E-state index contributed by atoms with van der Waals surface area (Å²) in [4.78, 5) is 8.46. The summed E-state index contributed by atoms with van der Waals surface area (Å²) in [5, 5.41) is 8.85. The van der Waals surface area contributed by atoms with Gasteiger partial charge in [-0.1, -0.05) is 36.4 Å². The van der Waals surface area contributed by atoms with Crippen LogP contribution < -0.4 is 9.47 Å². The van der Waals surface area contributed by atoms with E-state index in [1.165, 1.54) is 0 Å². The Hall–Kier alpha value is -3.84. The first-order valence-electron chi connectivity index (χ1n) is 12.5. The Labute approximate surface area is 214 Å². The first kappa shape index (κ1) is 25.3. The fourth-order valence-corrected chi connectivity index (χ4v) is 4.29. The maximum Gasteiger partial charge on any atom is 0.187 e. The molecule has 184 valence electrons. The van der Waals surface area contributed by atoms with Crippen LogP contribution in [0.4, 0.5) is 5.69 Å². The van der Waals surface area contributed by atoms with Crippen molar-refractivity contribution in [3.05, 3.63) is 89.8 Å². The van der Waals surface area contributed by atoms with Crippen molar-refractivity contribution < 1.29 is 9.47 Å². The molecule has 0 atom stereocenters. The molecule has 0 N–H and O–H groups in total. The molecule has 4 rings (SSSR count). The number of nitrogens with zero attached hydrogens (tertiary/aromatic N) is 4. The van der Waals surface area contributed by atoms with Crippen molar-refractivity contribution >= 4 is 5.69 Å². The van der Waals surface area contributed by atoms with Crippen molar-refractivity contribution in [2.45, 2.75) is 12.8 Å². The molecule has 0 aliphatic carbocycles. The van der Waals surface area contributed by atoms with Gasteiger partial charge in [-0.3, -0.25) is 0 Å². The van der Waals surface area contributed by atoms with Crippen LogP contribution in [0.5, 0.6) is 11.5 Å². The average Bonchev–Trinajstić information content (AvgIpc) is 2.95. The molecule has 0 saturated carbocycles. The van der Waals surface area contributed by atoms with E-state index in [0.717, 1.165) is 74.7 Å². The predicted molar refractivity (Wildman–Crippen MR) is 142 cm³/mol. The molecule has 1 aliphatic heterocycles. The van der Waals surface area contributed by atoms with Crippen molar-refractivity contribution in [3.8, 4) is 28.7 Å². The topological polar surface area (TPSA) is 53.1 Å². The third kappa shape index (κ3) is 7.58. The Kier molecular flexibility index (Phi) is 9.33. The van der Waals surface area contributed by atoms with Gasteiger partial charge in [-0.25, -0.2) is 4.85 Å². The number of hydrogen-bond donors (Lipinski definition) is 0. The van der Waals surface area contributed by atoms with E-state index < -0.39 is 0 Å². The number of piperazine rings is 1. The van der Waals surface area contributed by atoms with Gasteiger partial charge in [0, 0.05) is 39.3 Å². The number of benzene rings is 3. The molecule has 1 fully saturated rings. The van der Waals surface area contributed by atoms with Gasteiger partial charge in [-0.15, -0.1) is 0 Å². The van der Waals surface area contributed by atoms with E-state index in [-0.39, 0.29) is 0 Å². The van der Waals surface area contributed by atoms with Gasteiger partial charge in [0.1, 0.15) is 11.5 Å². The molecule has 0 bridgehead atoms. The van der Waals surface area contributed by atoms with Gasteiger partial charge in [0.2, 0.25) is 0 Å². The zero-order valence-electron chi connectivity index (χ0n) is 20.6. The zero-order chi connectivity index (χ0) is 25.0. The number of hydrogen-bond acceptors (Lipinski definition) is 5. The average molecular weight is 481 g/mol. The van der Waals surface area contributed by atoms with Crippen molar-refractivity contribution in [2.24, 2.45) is 0 Å². The maximum atomic E-state index is 8.85. The van der Waals surface area contributed by atoms with Gasteiger partial charge in [-0.2, -0.15) is 5.26 Å².